The molecule has 1 fully saturated rings. The Morgan fingerprint density at radius 2 is 1.90 bits per heavy atom. The van der Waals surface area contributed by atoms with Crippen LogP contribution in [0, 0.1) is 0 Å². The summed E-state index contributed by atoms with van der Waals surface area (Å²) in [4.78, 5) is 2.38. The molecule has 0 amide bonds. The van der Waals surface area contributed by atoms with Gasteiger partial charge in [-0.25, -0.2) is 0 Å². The maximum atomic E-state index is 6.38. The van der Waals surface area contributed by atoms with Crippen LogP contribution in [-0.2, 0) is 6.54 Å². The Morgan fingerprint density at radius 1 is 1.10 bits per heavy atom. The van der Waals surface area contributed by atoms with Gasteiger partial charge in [-0.3, -0.25) is 0 Å². The van der Waals surface area contributed by atoms with Crippen LogP contribution in [0.3, 0.4) is 0 Å². The van der Waals surface area contributed by atoms with E-state index in [1.54, 1.807) is 0 Å². The summed E-state index contributed by atoms with van der Waals surface area (Å²) in [5.74, 6) is 0.582. The maximum Gasteiger partial charge on any atom is 0.0642 e. The zero-order valence-electron chi connectivity index (χ0n) is 11.4. The highest BCUT2D eigenvalue weighted by molar-refractivity contribution is 6.33. The van der Waals surface area contributed by atoms with Gasteiger partial charge >= 0.3 is 0 Å². The Bertz CT molecular complexity index is 583. The number of anilines is 1. The molecule has 2 N–H and O–H groups in total. The average molecular weight is 287 g/mol. The van der Waals surface area contributed by atoms with Crippen molar-refractivity contribution in [1.29, 1.82) is 0 Å². The Balaban J connectivity index is 1.84. The standard InChI is InChI=1S/C17H19ClN2/c18-16-8-4-7-14(11-19)17(16)20-10-9-15(12-20)13-5-2-1-3-6-13/h1-8,15H,9-12,19H2. The molecular formula is C17H19ClN2. The molecule has 1 heterocycles. The van der Waals surface area contributed by atoms with Crippen LogP contribution in [0.4, 0.5) is 5.69 Å². The molecule has 2 aromatic rings. The van der Waals surface area contributed by atoms with Crippen molar-refractivity contribution in [3.8, 4) is 0 Å². The van der Waals surface area contributed by atoms with E-state index in [4.69, 9.17) is 17.3 Å². The van der Waals surface area contributed by atoms with Crippen molar-refractivity contribution >= 4 is 17.3 Å². The third-order valence-corrected chi connectivity index (χ3v) is 4.37. The van der Waals surface area contributed by atoms with Crippen LogP contribution in [0.2, 0.25) is 5.02 Å². The number of hydrogen-bond donors (Lipinski definition) is 1. The molecule has 1 saturated heterocycles. The second-order valence-corrected chi connectivity index (χ2v) is 5.70. The van der Waals surface area contributed by atoms with E-state index in [2.05, 4.69) is 41.3 Å². The Kier molecular flexibility index (Phi) is 3.95. The minimum Gasteiger partial charge on any atom is -0.369 e. The van der Waals surface area contributed by atoms with Crippen molar-refractivity contribution in [1.82, 2.24) is 0 Å². The smallest absolute Gasteiger partial charge is 0.0642 e. The highest BCUT2D eigenvalue weighted by Gasteiger charge is 2.26. The van der Waals surface area contributed by atoms with E-state index in [0.29, 0.717) is 12.5 Å². The van der Waals surface area contributed by atoms with Crippen LogP contribution < -0.4 is 10.6 Å². The third-order valence-electron chi connectivity index (χ3n) is 4.07. The molecule has 2 nitrogen and oxygen atoms in total. The van der Waals surface area contributed by atoms with Crippen LogP contribution in [0.1, 0.15) is 23.5 Å². The summed E-state index contributed by atoms with van der Waals surface area (Å²) in [6, 6.07) is 16.7. The van der Waals surface area contributed by atoms with Crippen molar-refractivity contribution in [2.75, 3.05) is 18.0 Å². The summed E-state index contributed by atoms with van der Waals surface area (Å²) in [6.07, 6.45) is 1.17. The van der Waals surface area contributed by atoms with Crippen LogP contribution in [0.5, 0.6) is 0 Å². The normalized spacial score (nSPS) is 18.5. The summed E-state index contributed by atoms with van der Waals surface area (Å²) in [6.45, 7) is 2.58. The van der Waals surface area contributed by atoms with Crippen molar-refractivity contribution < 1.29 is 0 Å². The van der Waals surface area contributed by atoms with Crippen molar-refractivity contribution in [2.45, 2.75) is 18.9 Å². The van der Waals surface area contributed by atoms with Crippen molar-refractivity contribution in [2.24, 2.45) is 5.73 Å². The molecule has 2 aromatic carbocycles. The van der Waals surface area contributed by atoms with Crippen LogP contribution in [0.15, 0.2) is 48.5 Å². The van der Waals surface area contributed by atoms with Crippen LogP contribution >= 0.6 is 11.6 Å². The molecule has 0 saturated carbocycles. The van der Waals surface area contributed by atoms with E-state index >= 15 is 0 Å². The lowest BCUT2D eigenvalue weighted by molar-refractivity contribution is 0.775. The van der Waals surface area contributed by atoms with E-state index in [9.17, 15) is 0 Å². The highest BCUT2D eigenvalue weighted by Crippen LogP contribution is 2.36. The van der Waals surface area contributed by atoms with Gasteiger partial charge in [0.25, 0.3) is 0 Å². The quantitative estimate of drug-likeness (QED) is 0.930. The van der Waals surface area contributed by atoms with Gasteiger partial charge < -0.3 is 10.6 Å². The topological polar surface area (TPSA) is 29.3 Å². The number of benzene rings is 2. The molecule has 1 atom stereocenters. The van der Waals surface area contributed by atoms with E-state index < -0.39 is 0 Å². The van der Waals surface area contributed by atoms with Gasteiger partial charge in [-0.05, 0) is 23.6 Å². The molecule has 3 heteroatoms. The number of para-hydroxylation sites is 1. The van der Waals surface area contributed by atoms with Gasteiger partial charge in [0.05, 0.1) is 10.7 Å². The predicted octanol–water partition coefficient (Wildman–Crippen LogP) is 3.79. The molecule has 20 heavy (non-hydrogen) atoms. The van der Waals surface area contributed by atoms with Crippen molar-refractivity contribution in [3.05, 3.63) is 64.7 Å². The van der Waals surface area contributed by atoms with Gasteiger partial charge in [0.2, 0.25) is 0 Å². The molecule has 0 spiro atoms. The predicted molar refractivity (Wildman–Crippen MR) is 85.4 cm³/mol. The van der Waals surface area contributed by atoms with E-state index in [1.807, 2.05) is 12.1 Å². The van der Waals surface area contributed by atoms with Gasteiger partial charge in [0.1, 0.15) is 0 Å². The summed E-state index contributed by atoms with van der Waals surface area (Å²) in [5, 5.41) is 0.807. The van der Waals surface area contributed by atoms with Gasteiger partial charge in [-0.1, -0.05) is 54.1 Å². The molecule has 1 unspecified atom stereocenters. The molecule has 1 aliphatic heterocycles. The minimum absolute atomic E-state index is 0.530. The molecular weight excluding hydrogens is 268 g/mol. The number of nitrogens with zero attached hydrogens (tertiary/aromatic N) is 1. The summed E-state index contributed by atoms with van der Waals surface area (Å²) < 4.78 is 0. The second-order valence-electron chi connectivity index (χ2n) is 5.29. The van der Waals surface area contributed by atoms with Crippen molar-refractivity contribution in [3.63, 3.8) is 0 Å². The fraction of sp³-hybridized carbons (Fsp3) is 0.294. The average Bonchev–Trinajstić information content (AvgIpc) is 2.97. The molecule has 1 aliphatic rings. The summed E-state index contributed by atoms with van der Waals surface area (Å²) >= 11 is 6.38. The molecule has 0 aliphatic carbocycles. The van der Waals surface area contributed by atoms with E-state index in [-0.39, 0.29) is 0 Å². The molecule has 104 valence electrons. The monoisotopic (exact) mass is 286 g/mol. The Hall–Kier alpha value is -1.51. The first-order chi connectivity index (χ1) is 9.79. The molecule has 0 aromatic heterocycles. The fourth-order valence-electron chi connectivity index (χ4n) is 3.04. The molecule has 0 radical (unpaired) electrons. The van der Waals surface area contributed by atoms with Gasteiger partial charge in [-0.2, -0.15) is 0 Å². The zero-order valence-corrected chi connectivity index (χ0v) is 12.2. The Morgan fingerprint density at radius 3 is 2.65 bits per heavy atom. The number of halogens is 1. The summed E-state index contributed by atoms with van der Waals surface area (Å²) in [7, 11) is 0. The SMILES string of the molecule is NCc1cccc(Cl)c1N1CCC(c2ccccc2)C1. The van der Waals surface area contributed by atoms with E-state index in [1.165, 1.54) is 12.0 Å². The molecule has 3 rings (SSSR count). The third kappa shape index (κ3) is 2.54. The first-order valence-electron chi connectivity index (χ1n) is 7.07. The van der Waals surface area contributed by atoms with Gasteiger partial charge in [0.15, 0.2) is 0 Å². The lowest BCUT2D eigenvalue weighted by atomic mass is 9.99. The molecule has 0 bridgehead atoms. The Labute approximate surface area is 125 Å². The minimum atomic E-state index is 0.530. The zero-order chi connectivity index (χ0) is 13.9. The number of rotatable bonds is 3. The maximum absolute atomic E-state index is 6.38. The first-order valence-corrected chi connectivity index (χ1v) is 7.44. The lowest BCUT2D eigenvalue weighted by Crippen LogP contribution is -2.21. The van der Waals surface area contributed by atoms with Gasteiger partial charge in [-0.15, -0.1) is 0 Å². The highest BCUT2D eigenvalue weighted by atomic mass is 35.5. The number of nitrogens with two attached hydrogens (primary N) is 1. The summed E-state index contributed by atoms with van der Waals surface area (Å²) in [5.41, 5.74) is 9.51. The van der Waals surface area contributed by atoms with E-state index in [0.717, 1.165) is 29.4 Å². The second kappa shape index (κ2) is 5.86. The lowest BCUT2D eigenvalue weighted by Gasteiger charge is -2.23. The van der Waals surface area contributed by atoms with Crippen LogP contribution in [-0.4, -0.2) is 13.1 Å². The number of hydrogen-bond acceptors (Lipinski definition) is 2. The van der Waals surface area contributed by atoms with Gasteiger partial charge in [0, 0.05) is 25.6 Å². The first kappa shape index (κ1) is 13.5. The largest absolute Gasteiger partial charge is 0.369 e. The fourth-order valence-corrected chi connectivity index (χ4v) is 3.35. The van der Waals surface area contributed by atoms with Crippen LogP contribution in [0.25, 0.3) is 0 Å².